The highest BCUT2D eigenvalue weighted by atomic mass is 16.5. The van der Waals surface area contributed by atoms with Crippen molar-refractivity contribution in [2.75, 3.05) is 6.54 Å². The summed E-state index contributed by atoms with van der Waals surface area (Å²) in [6.45, 7) is 13.0. The molecule has 3 aromatic rings. The topological polar surface area (TPSA) is 93.4 Å². The van der Waals surface area contributed by atoms with E-state index in [1.54, 1.807) is 10.9 Å². The second kappa shape index (κ2) is 11.4. The normalized spacial score (nSPS) is 17.1. The highest BCUT2D eigenvalue weighted by Crippen LogP contribution is 2.40. The van der Waals surface area contributed by atoms with Gasteiger partial charge in [0.1, 0.15) is 6.10 Å². The summed E-state index contributed by atoms with van der Waals surface area (Å²) in [5.74, 6) is -0.237. The Hall–Kier alpha value is -3.26. The number of hydrogen-bond donors (Lipinski definition) is 1. The molecule has 4 rings (SSSR count). The molecule has 2 unspecified atom stereocenters. The molecule has 0 amide bonds. The molecule has 0 saturated heterocycles. The van der Waals surface area contributed by atoms with Crippen LogP contribution in [0.5, 0.6) is 5.88 Å². The molecule has 0 fully saturated rings. The fourth-order valence-electron chi connectivity index (χ4n) is 5.08. The lowest BCUT2D eigenvalue weighted by Gasteiger charge is -2.32. The summed E-state index contributed by atoms with van der Waals surface area (Å²) >= 11 is 0. The van der Waals surface area contributed by atoms with E-state index in [9.17, 15) is 9.90 Å². The van der Waals surface area contributed by atoms with Crippen molar-refractivity contribution in [3.8, 4) is 5.88 Å². The molecule has 8 heteroatoms. The highest BCUT2D eigenvalue weighted by Gasteiger charge is 2.38. The third-order valence-corrected chi connectivity index (χ3v) is 7.63. The Kier molecular flexibility index (Phi) is 8.27. The maximum atomic E-state index is 12.3. The zero-order chi connectivity index (χ0) is 26.6. The van der Waals surface area contributed by atoms with Crippen molar-refractivity contribution in [2.45, 2.75) is 85.5 Å². The van der Waals surface area contributed by atoms with Crippen LogP contribution in [0.15, 0.2) is 42.7 Å². The quantitative estimate of drug-likeness (QED) is 0.414. The number of carbonyl (C=O) groups is 1. The van der Waals surface area contributed by atoms with E-state index >= 15 is 0 Å². The Balaban J connectivity index is 1.60. The molecule has 0 spiro atoms. The number of pyridine rings is 1. The summed E-state index contributed by atoms with van der Waals surface area (Å²) in [5, 5.41) is 18.5. The largest absolute Gasteiger partial charge is 0.481 e. The van der Waals surface area contributed by atoms with E-state index < -0.39 is 11.4 Å². The molecule has 0 radical (unpaired) electrons. The molecule has 3 heterocycles. The van der Waals surface area contributed by atoms with Gasteiger partial charge < -0.3 is 9.84 Å². The molecule has 8 nitrogen and oxygen atoms in total. The third-order valence-electron chi connectivity index (χ3n) is 7.63. The lowest BCUT2D eigenvalue weighted by atomic mass is 9.72. The van der Waals surface area contributed by atoms with Crippen LogP contribution in [0, 0.1) is 12.3 Å². The van der Waals surface area contributed by atoms with Gasteiger partial charge in [-0.25, -0.2) is 4.98 Å². The van der Waals surface area contributed by atoms with Crippen LogP contribution >= 0.6 is 0 Å². The van der Waals surface area contributed by atoms with Crippen molar-refractivity contribution in [2.24, 2.45) is 5.41 Å². The molecular weight excluding hydrogens is 466 g/mol. The van der Waals surface area contributed by atoms with E-state index in [1.807, 2.05) is 33.0 Å². The van der Waals surface area contributed by atoms with E-state index in [1.165, 1.54) is 11.1 Å². The second-order valence-corrected chi connectivity index (χ2v) is 10.7. The van der Waals surface area contributed by atoms with Gasteiger partial charge in [-0.3, -0.25) is 14.4 Å². The minimum Gasteiger partial charge on any atom is -0.481 e. The number of rotatable bonds is 10. The monoisotopic (exact) mass is 505 g/mol. The molecule has 2 aromatic heterocycles. The predicted molar refractivity (Wildman–Crippen MR) is 142 cm³/mol. The van der Waals surface area contributed by atoms with Gasteiger partial charge in [0.25, 0.3) is 0 Å². The molecule has 198 valence electrons. The smallest absolute Gasteiger partial charge is 0.309 e. The van der Waals surface area contributed by atoms with Crippen LogP contribution in [0.3, 0.4) is 0 Å². The molecule has 2 atom stereocenters. The Morgan fingerprint density at radius 2 is 2.08 bits per heavy atom. The number of hydrogen-bond acceptors (Lipinski definition) is 6. The maximum absolute atomic E-state index is 12.3. The maximum Gasteiger partial charge on any atom is 0.309 e. The molecule has 0 bridgehead atoms. The number of aromatic nitrogens is 4. The predicted octanol–water partition coefficient (Wildman–Crippen LogP) is 5.00. The summed E-state index contributed by atoms with van der Waals surface area (Å²) in [7, 11) is 0. The molecular formula is C29H39N5O3. The first-order chi connectivity index (χ1) is 17.7. The lowest BCUT2D eigenvalue weighted by molar-refractivity contribution is -0.148. The van der Waals surface area contributed by atoms with Gasteiger partial charge in [-0.2, -0.15) is 0 Å². The fourth-order valence-corrected chi connectivity index (χ4v) is 5.08. The van der Waals surface area contributed by atoms with E-state index in [0.717, 1.165) is 55.3 Å². The molecule has 37 heavy (non-hydrogen) atoms. The van der Waals surface area contributed by atoms with Crippen molar-refractivity contribution >= 4 is 5.97 Å². The van der Waals surface area contributed by atoms with Crippen molar-refractivity contribution in [3.05, 3.63) is 70.7 Å². The van der Waals surface area contributed by atoms with E-state index in [4.69, 9.17) is 4.74 Å². The zero-order valence-electron chi connectivity index (χ0n) is 22.6. The van der Waals surface area contributed by atoms with Gasteiger partial charge in [0.15, 0.2) is 0 Å². The van der Waals surface area contributed by atoms with Crippen molar-refractivity contribution in [1.82, 2.24) is 24.9 Å². The number of ether oxygens (including phenoxy) is 1. The van der Waals surface area contributed by atoms with Crippen LogP contribution in [0.25, 0.3) is 0 Å². The fraction of sp³-hybridized carbons (Fsp3) is 0.517. The van der Waals surface area contributed by atoms with E-state index in [0.29, 0.717) is 12.8 Å². The number of fused-ring (bicyclic) bond motifs is 1. The van der Waals surface area contributed by atoms with Gasteiger partial charge in [-0.1, -0.05) is 36.4 Å². The molecule has 1 aliphatic heterocycles. The van der Waals surface area contributed by atoms with Crippen molar-refractivity contribution in [1.29, 1.82) is 0 Å². The average molecular weight is 506 g/mol. The first-order valence-electron chi connectivity index (χ1n) is 13.3. The number of nitrogens with zero attached hydrogens (tertiary/aromatic N) is 5. The Morgan fingerprint density at radius 3 is 2.78 bits per heavy atom. The van der Waals surface area contributed by atoms with E-state index in [-0.39, 0.29) is 12.0 Å². The number of benzene rings is 1. The van der Waals surface area contributed by atoms with Crippen LogP contribution in [-0.4, -0.2) is 48.6 Å². The minimum atomic E-state index is -0.929. The Morgan fingerprint density at radius 1 is 1.27 bits per heavy atom. The van der Waals surface area contributed by atoms with Crippen LogP contribution in [0.4, 0.5) is 0 Å². The standard InChI is InChI=1S/C29H39N5O3/c1-6-25-19-33(16-22-9-8-14-30-27(22)37-25)17-23-15-21(11-10-20(23)3)26(29(4,5)28(35)36)13-12-24-18-34(7-2)32-31-24/h8-11,14-15,18,25-26H,6-7,12-13,16-17,19H2,1-5H3,(H,35,36). The summed E-state index contributed by atoms with van der Waals surface area (Å²) in [4.78, 5) is 19.2. The molecule has 1 aliphatic rings. The lowest BCUT2D eigenvalue weighted by Crippen LogP contribution is -2.33. The van der Waals surface area contributed by atoms with Crippen molar-refractivity contribution < 1.29 is 14.6 Å². The number of aryl methyl sites for hydroxylation is 3. The second-order valence-electron chi connectivity index (χ2n) is 10.7. The average Bonchev–Trinajstić information content (AvgIpc) is 3.26. The Bertz CT molecular complexity index is 1220. The minimum absolute atomic E-state index is 0.0786. The SMILES string of the molecule is CCC1CN(Cc2cc(C(CCc3cn(CC)nn3)C(C)(C)C(=O)O)ccc2C)Cc2cccnc2O1. The van der Waals surface area contributed by atoms with Gasteiger partial charge >= 0.3 is 5.97 Å². The highest BCUT2D eigenvalue weighted by molar-refractivity contribution is 5.75. The first-order valence-corrected chi connectivity index (χ1v) is 13.3. The summed E-state index contributed by atoms with van der Waals surface area (Å²) in [6.07, 6.45) is 6.07. The molecule has 0 aliphatic carbocycles. The van der Waals surface area contributed by atoms with Gasteiger partial charge in [0.05, 0.1) is 11.1 Å². The van der Waals surface area contributed by atoms with Gasteiger partial charge in [0, 0.05) is 44.1 Å². The zero-order valence-corrected chi connectivity index (χ0v) is 22.6. The summed E-state index contributed by atoms with van der Waals surface area (Å²) < 4.78 is 7.99. The van der Waals surface area contributed by atoms with Crippen LogP contribution in [-0.2, 0) is 30.8 Å². The summed E-state index contributed by atoms with van der Waals surface area (Å²) in [6, 6.07) is 10.5. The van der Waals surface area contributed by atoms with Gasteiger partial charge in [-0.05, 0) is 75.6 Å². The van der Waals surface area contributed by atoms with Crippen LogP contribution < -0.4 is 4.74 Å². The van der Waals surface area contributed by atoms with Crippen molar-refractivity contribution in [3.63, 3.8) is 0 Å². The third kappa shape index (κ3) is 6.18. The van der Waals surface area contributed by atoms with Crippen LogP contribution in [0.2, 0.25) is 0 Å². The molecule has 1 aromatic carbocycles. The molecule has 1 N–H and O–H groups in total. The number of carboxylic acids is 1. The van der Waals surface area contributed by atoms with Gasteiger partial charge in [-0.15, -0.1) is 5.10 Å². The number of carboxylic acid groups (broad SMARTS) is 1. The van der Waals surface area contributed by atoms with E-state index in [2.05, 4.69) is 58.3 Å². The Labute approximate surface area is 219 Å². The van der Waals surface area contributed by atoms with Gasteiger partial charge in [0.2, 0.25) is 5.88 Å². The summed E-state index contributed by atoms with van der Waals surface area (Å²) in [5.41, 5.74) is 4.52. The molecule has 0 saturated carbocycles. The number of aliphatic carboxylic acids is 1. The van der Waals surface area contributed by atoms with Crippen LogP contribution in [0.1, 0.15) is 74.4 Å². The first kappa shape index (κ1) is 26.8.